The van der Waals surface area contributed by atoms with E-state index in [1.54, 1.807) is 0 Å². The molecule has 3 nitrogen and oxygen atoms in total. The third kappa shape index (κ3) is 1.63. The number of aromatic nitrogens is 2. The normalized spacial score (nSPS) is 21.2. The van der Waals surface area contributed by atoms with Crippen molar-refractivity contribution in [1.29, 1.82) is 0 Å². The van der Waals surface area contributed by atoms with Crippen molar-refractivity contribution in [1.82, 2.24) is 14.9 Å². The molecule has 3 heterocycles. The van der Waals surface area contributed by atoms with Crippen molar-refractivity contribution < 1.29 is 0 Å². The van der Waals surface area contributed by atoms with E-state index in [0.29, 0.717) is 0 Å². The van der Waals surface area contributed by atoms with Crippen molar-refractivity contribution >= 4 is 10.9 Å². The second-order valence-corrected chi connectivity index (χ2v) is 4.26. The van der Waals surface area contributed by atoms with Crippen molar-refractivity contribution in [3.8, 4) is 0 Å². The van der Waals surface area contributed by atoms with Crippen LogP contribution in [0.25, 0.3) is 10.9 Å². The molecule has 1 aliphatic rings. The number of hydrogen-bond donors (Lipinski definition) is 1. The van der Waals surface area contributed by atoms with E-state index in [0.717, 1.165) is 19.0 Å². The Morgan fingerprint density at radius 3 is 3.33 bits per heavy atom. The number of nitrogens with zero attached hydrogens (tertiary/aromatic N) is 2. The Balaban J connectivity index is 1.90. The summed E-state index contributed by atoms with van der Waals surface area (Å²) in [6, 6.07) is 4.24. The highest BCUT2D eigenvalue weighted by Gasteiger charge is 2.15. The second-order valence-electron chi connectivity index (χ2n) is 4.26. The number of nitrogens with one attached hydrogen (secondary N) is 1. The predicted octanol–water partition coefficient (Wildman–Crippen LogP) is 1.65. The van der Waals surface area contributed by atoms with Gasteiger partial charge in [-0.05, 0) is 37.6 Å². The maximum Gasteiger partial charge on any atom is 0.0511 e. The van der Waals surface area contributed by atoms with E-state index in [1.807, 2.05) is 12.4 Å². The Kier molecular flexibility index (Phi) is 2.18. The largest absolute Gasteiger partial charge is 0.347 e. The van der Waals surface area contributed by atoms with Crippen LogP contribution >= 0.6 is 0 Å². The maximum atomic E-state index is 4.13. The van der Waals surface area contributed by atoms with E-state index in [4.69, 9.17) is 0 Å². The summed E-state index contributed by atoms with van der Waals surface area (Å²) in [5.41, 5.74) is 1.30. The van der Waals surface area contributed by atoms with Crippen molar-refractivity contribution in [2.75, 3.05) is 13.1 Å². The van der Waals surface area contributed by atoms with E-state index in [2.05, 4.69) is 33.2 Å². The van der Waals surface area contributed by atoms with Gasteiger partial charge in [-0.25, -0.2) is 0 Å². The molecule has 0 radical (unpaired) electrons. The van der Waals surface area contributed by atoms with Crippen molar-refractivity contribution in [2.24, 2.45) is 5.92 Å². The lowest BCUT2D eigenvalue weighted by Crippen LogP contribution is -2.13. The van der Waals surface area contributed by atoms with Gasteiger partial charge < -0.3 is 9.88 Å². The summed E-state index contributed by atoms with van der Waals surface area (Å²) in [5.74, 6) is 0.786. The molecule has 15 heavy (non-hydrogen) atoms. The molecule has 2 aromatic rings. The van der Waals surface area contributed by atoms with E-state index in [-0.39, 0.29) is 0 Å². The van der Waals surface area contributed by atoms with Crippen LogP contribution in [0.1, 0.15) is 6.42 Å². The molecule has 1 fully saturated rings. The summed E-state index contributed by atoms with van der Waals surface area (Å²) in [7, 11) is 0. The molecule has 1 saturated heterocycles. The van der Waals surface area contributed by atoms with E-state index in [1.165, 1.54) is 23.9 Å². The van der Waals surface area contributed by atoms with Crippen LogP contribution in [-0.2, 0) is 6.54 Å². The first-order valence-corrected chi connectivity index (χ1v) is 5.53. The number of rotatable bonds is 2. The first-order chi connectivity index (χ1) is 7.43. The van der Waals surface area contributed by atoms with E-state index in [9.17, 15) is 0 Å². The van der Waals surface area contributed by atoms with Crippen molar-refractivity contribution in [3.05, 3.63) is 30.7 Å². The quantitative estimate of drug-likeness (QED) is 0.800. The smallest absolute Gasteiger partial charge is 0.0511 e. The molecule has 1 atom stereocenters. The molecule has 0 amide bonds. The molecular weight excluding hydrogens is 186 g/mol. The van der Waals surface area contributed by atoms with Gasteiger partial charge in [-0.3, -0.25) is 4.98 Å². The summed E-state index contributed by atoms with van der Waals surface area (Å²) in [5, 5.41) is 4.65. The zero-order valence-corrected chi connectivity index (χ0v) is 8.69. The minimum atomic E-state index is 0.786. The Bertz CT molecular complexity index is 455. The molecule has 0 saturated carbocycles. The van der Waals surface area contributed by atoms with Gasteiger partial charge in [0, 0.05) is 30.5 Å². The fraction of sp³-hybridized carbons (Fsp3) is 0.417. The van der Waals surface area contributed by atoms with Gasteiger partial charge in [-0.2, -0.15) is 0 Å². The van der Waals surface area contributed by atoms with Crippen LogP contribution < -0.4 is 5.32 Å². The highest BCUT2D eigenvalue weighted by Crippen LogP contribution is 2.17. The Morgan fingerprint density at radius 1 is 1.47 bits per heavy atom. The first kappa shape index (κ1) is 8.92. The van der Waals surface area contributed by atoms with Crippen LogP contribution in [0, 0.1) is 5.92 Å². The van der Waals surface area contributed by atoms with Gasteiger partial charge in [-0.1, -0.05) is 0 Å². The maximum absolute atomic E-state index is 4.13. The van der Waals surface area contributed by atoms with Crippen LogP contribution in [0.4, 0.5) is 0 Å². The Hall–Kier alpha value is -1.35. The summed E-state index contributed by atoms with van der Waals surface area (Å²) >= 11 is 0. The summed E-state index contributed by atoms with van der Waals surface area (Å²) in [6.45, 7) is 3.46. The molecular formula is C12H15N3. The second kappa shape index (κ2) is 3.66. The zero-order valence-electron chi connectivity index (χ0n) is 8.69. The van der Waals surface area contributed by atoms with E-state index < -0.39 is 0 Å². The average Bonchev–Trinajstić information content (AvgIpc) is 2.89. The van der Waals surface area contributed by atoms with Gasteiger partial charge in [-0.15, -0.1) is 0 Å². The van der Waals surface area contributed by atoms with Gasteiger partial charge in [0.1, 0.15) is 0 Å². The molecule has 0 aliphatic carbocycles. The van der Waals surface area contributed by atoms with Gasteiger partial charge in [0.25, 0.3) is 0 Å². The highest BCUT2D eigenvalue weighted by molar-refractivity contribution is 5.78. The lowest BCUT2D eigenvalue weighted by Gasteiger charge is -2.10. The van der Waals surface area contributed by atoms with Gasteiger partial charge in [0.2, 0.25) is 0 Å². The van der Waals surface area contributed by atoms with Crippen LogP contribution in [0.5, 0.6) is 0 Å². The Morgan fingerprint density at radius 2 is 2.47 bits per heavy atom. The molecule has 1 aliphatic heterocycles. The molecule has 3 heteroatoms. The van der Waals surface area contributed by atoms with Gasteiger partial charge in [0.15, 0.2) is 0 Å². The molecule has 0 aromatic carbocycles. The molecule has 0 spiro atoms. The number of hydrogen-bond acceptors (Lipinski definition) is 2. The summed E-state index contributed by atoms with van der Waals surface area (Å²) in [4.78, 5) is 4.13. The van der Waals surface area contributed by atoms with Crippen molar-refractivity contribution in [2.45, 2.75) is 13.0 Å². The molecule has 0 bridgehead atoms. The van der Waals surface area contributed by atoms with Crippen LogP contribution in [0.2, 0.25) is 0 Å². The SMILES string of the molecule is c1cc2c(ccn2CC2CCNC2)cn1. The van der Waals surface area contributed by atoms with Crippen LogP contribution in [-0.4, -0.2) is 22.6 Å². The van der Waals surface area contributed by atoms with Gasteiger partial charge >= 0.3 is 0 Å². The molecule has 78 valence electrons. The fourth-order valence-electron chi connectivity index (χ4n) is 2.35. The topological polar surface area (TPSA) is 29.9 Å². The minimum absolute atomic E-state index is 0.786. The monoisotopic (exact) mass is 201 g/mol. The lowest BCUT2D eigenvalue weighted by molar-refractivity contribution is 0.491. The lowest BCUT2D eigenvalue weighted by atomic mass is 10.1. The first-order valence-electron chi connectivity index (χ1n) is 5.53. The van der Waals surface area contributed by atoms with Crippen LogP contribution in [0.15, 0.2) is 30.7 Å². The molecule has 2 aromatic heterocycles. The Labute approximate surface area is 89.1 Å². The predicted molar refractivity (Wildman–Crippen MR) is 60.7 cm³/mol. The number of pyridine rings is 1. The summed E-state index contributed by atoms with van der Waals surface area (Å²) in [6.07, 6.45) is 7.26. The highest BCUT2D eigenvalue weighted by atomic mass is 15.0. The third-order valence-electron chi connectivity index (χ3n) is 3.19. The van der Waals surface area contributed by atoms with Crippen LogP contribution in [0.3, 0.4) is 0 Å². The zero-order chi connectivity index (χ0) is 10.1. The third-order valence-corrected chi connectivity index (χ3v) is 3.19. The summed E-state index contributed by atoms with van der Waals surface area (Å²) < 4.78 is 2.34. The van der Waals surface area contributed by atoms with Gasteiger partial charge in [0.05, 0.1) is 5.52 Å². The molecule has 3 rings (SSSR count). The number of fused-ring (bicyclic) bond motifs is 1. The fourth-order valence-corrected chi connectivity index (χ4v) is 2.35. The average molecular weight is 201 g/mol. The van der Waals surface area contributed by atoms with E-state index >= 15 is 0 Å². The standard InChI is InChI=1S/C12H15N3/c1-4-13-7-10(1)9-15-6-3-11-8-14-5-2-12(11)15/h2-3,5-6,8,10,13H,1,4,7,9H2. The molecule has 1 N–H and O–H groups in total. The molecule has 1 unspecified atom stereocenters. The minimum Gasteiger partial charge on any atom is -0.347 e. The van der Waals surface area contributed by atoms with Crippen molar-refractivity contribution in [3.63, 3.8) is 0 Å².